The molecule has 0 radical (unpaired) electrons. The lowest BCUT2D eigenvalue weighted by Gasteiger charge is -2.22. The molecule has 0 unspecified atom stereocenters. The van der Waals surface area contributed by atoms with Crippen molar-refractivity contribution in [2.24, 2.45) is 4.40 Å². The number of anilines is 2. The maximum atomic E-state index is 12.6. The van der Waals surface area contributed by atoms with Gasteiger partial charge in [0.2, 0.25) is 0 Å². The number of fused-ring (bicyclic) bond motifs is 3. The first kappa shape index (κ1) is 17.1. The van der Waals surface area contributed by atoms with Crippen molar-refractivity contribution in [1.82, 2.24) is 0 Å². The van der Waals surface area contributed by atoms with Crippen molar-refractivity contribution in [3.05, 3.63) is 53.6 Å². The van der Waals surface area contributed by atoms with Gasteiger partial charge in [-0.25, -0.2) is 8.42 Å². The third-order valence-corrected chi connectivity index (χ3v) is 6.69. The molecule has 8 heteroatoms. The van der Waals surface area contributed by atoms with Crippen molar-refractivity contribution in [1.29, 1.82) is 0 Å². The van der Waals surface area contributed by atoms with E-state index in [1.165, 1.54) is 11.8 Å². The van der Waals surface area contributed by atoms with Gasteiger partial charge in [-0.1, -0.05) is 25.1 Å². The van der Waals surface area contributed by atoms with E-state index in [-0.39, 0.29) is 11.7 Å². The van der Waals surface area contributed by atoms with Crippen LogP contribution >= 0.6 is 11.8 Å². The molecule has 1 amide bonds. The van der Waals surface area contributed by atoms with Gasteiger partial charge < -0.3 is 10.2 Å². The number of sulfonamides is 1. The quantitative estimate of drug-likeness (QED) is 0.875. The Kier molecular flexibility index (Phi) is 4.24. The van der Waals surface area contributed by atoms with Crippen LogP contribution in [0.25, 0.3) is 0 Å². The third-order valence-electron chi connectivity index (χ3n) is 4.38. The number of rotatable bonds is 3. The van der Waals surface area contributed by atoms with Gasteiger partial charge in [-0.3, -0.25) is 4.79 Å². The topological polar surface area (TPSA) is 78.8 Å². The van der Waals surface area contributed by atoms with Gasteiger partial charge in [-0.2, -0.15) is 0 Å². The molecule has 2 aromatic carbocycles. The summed E-state index contributed by atoms with van der Waals surface area (Å²) in [5.41, 5.74) is 3.31. The number of aryl methyl sites for hydroxylation is 1. The summed E-state index contributed by atoms with van der Waals surface area (Å²) >= 11 is 1.28. The Bertz CT molecular complexity index is 1030. The van der Waals surface area contributed by atoms with E-state index in [9.17, 15) is 13.2 Å². The molecule has 0 fully saturated rings. The van der Waals surface area contributed by atoms with Crippen molar-refractivity contribution in [2.75, 3.05) is 22.5 Å². The predicted molar refractivity (Wildman–Crippen MR) is 105 cm³/mol. The van der Waals surface area contributed by atoms with Crippen LogP contribution in [0.15, 0.2) is 51.8 Å². The second-order valence-corrected chi connectivity index (χ2v) is 8.82. The van der Waals surface area contributed by atoms with E-state index < -0.39 is 10.0 Å². The number of hydrogen-bond donors (Lipinski definition) is 1. The van der Waals surface area contributed by atoms with Crippen LogP contribution in [0.3, 0.4) is 0 Å². The van der Waals surface area contributed by atoms with Crippen LogP contribution in [0, 0.1) is 0 Å². The minimum atomic E-state index is -3.38. The highest BCUT2D eigenvalue weighted by molar-refractivity contribution is 8.15. The lowest BCUT2D eigenvalue weighted by Crippen LogP contribution is -2.35. The third kappa shape index (κ3) is 3.10. The largest absolute Gasteiger partial charge is 0.322 e. The number of carbonyl (C=O) groups excluding carboxylic acids is 1. The molecule has 0 bridgehead atoms. The van der Waals surface area contributed by atoms with Gasteiger partial charge in [0.05, 0.1) is 11.4 Å². The molecule has 6 nitrogen and oxygen atoms in total. The number of amidine groups is 1. The lowest BCUT2D eigenvalue weighted by molar-refractivity contribution is 0.102. The second kappa shape index (κ2) is 6.44. The van der Waals surface area contributed by atoms with Crippen molar-refractivity contribution >= 4 is 44.2 Å². The van der Waals surface area contributed by atoms with Crippen molar-refractivity contribution in [3.8, 4) is 0 Å². The number of para-hydroxylation sites is 1. The first-order valence-corrected chi connectivity index (χ1v) is 10.7. The first-order chi connectivity index (χ1) is 12.5. The summed E-state index contributed by atoms with van der Waals surface area (Å²) in [6.45, 7) is 2.43. The van der Waals surface area contributed by atoms with E-state index in [4.69, 9.17) is 0 Å². The van der Waals surface area contributed by atoms with E-state index in [0.717, 1.165) is 28.3 Å². The van der Waals surface area contributed by atoms with Crippen LogP contribution in [0.1, 0.15) is 22.8 Å². The van der Waals surface area contributed by atoms with Crippen molar-refractivity contribution in [3.63, 3.8) is 0 Å². The maximum Gasteiger partial charge on any atom is 0.257 e. The Morgan fingerprint density at radius 3 is 2.88 bits per heavy atom. The normalized spacial score (nSPS) is 17.3. The average molecular weight is 387 g/mol. The molecule has 0 atom stereocenters. The predicted octanol–water partition coefficient (Wildman–Crippen LogP) is 3.11. The van der Waals surface area contributed by atoms with Gasteiger partial charge in [-0.15, -0.1) is 4.40 Å². The summed E-state index contributed by atoms with van der Waals surface area (Å²) in [5, 5.41) is 3.42. The summed E-state index contributed by atoms with van der Waals surface area (Å²) in [4.78, 5) is 15.4. The summed E-state index contributed by atoms with van der Waals surface area (Å²) < 4.78 is 27.2. The molecule has 4 rings (SSSR count). The molecule has 0 saturated heterocycles. The zero-order chi connectivity index (χ0) is 18.3. The molecule has 2 heterocycles. The summed E-state index contributed by atoms with van der Waals surface area (Å²) in [7, 11) is -3.38. The van der Waals surface area contributed by atoms with Crippen LogP contribution in [0.5, 0.6) is 0 Å². The molecular formula is C18H17N3O3S2. The van der Waals surface area contributed by atoms with Crippen LogP contribution in [0.2, 0.25) is 0 Å². The zero-order valence-corrected chi connectivity index (χ0v) is 15.7. The van der Waals surface area contributed by atoms with Gasteiger partial charge in [-0.05, 0) is 48.0 Å². The minimum absolute atomic E-state index is 0.00649. The molecule has 134 valence electrons. The number of thioether (sulfide) groups is 1. The van der Waals surface area contributed by atoms with Gasteiger partial charge in [0.25, 0.3) is 15.9 Å². The van der Waals surface area contributed by atoms with Crippen LogP contribution in [-0.4, -0.2) is 31.8 Å². The molecule has 1 N–H and O–H groups in total. The Morgan fingerprint density at radius 2 is 2.08 bits per heavy atom. The van der Waals surface area contributed by atoms with Crippen LogP contribution < -0.4 is 10.2 Å². The number of nitrogens with zero attached hydrogens (tertiary/aromatic N) is 2. The highest BCUT2D eigenvalue weighted by Crippen LogP contribution is 2.42. The Hall–Kier alpha value is -2.32. The van der Waals surface area contributed by atoms with Crippen LogP contribution in [-0.2, 0) is 16.4 Å². The maximum absolute atomic E-state index is 12.6. The summed E-state index contributed by atoms with van der Waals surface area (Å²) in [6, 6.07) is 13.1. The van der Waals surface area contributed by atoms with E-state index in [1.807, 2.05) is 42.2 Å². The van der Waals surface area contributed by atoms with E-state index >= 15 is 0 Å². The van der Waals surface area contributed by atoms with Gasteiger partial charge >= 0.3 is 0 Å². The Balaban J connectivity index is 1.61. The molecule has 0 saturated carbocycles. The fraction of sp³-hybridized carbons (Fsp3) is 0.222. The highest BCUT2D eigenvalue weighted by atomic mass is 32.2. The number of amides is 1. The number of hydrogen-bond acceptors (Lipinski definition) is 5. The molecule has 26 heavy (non-hydrogen) atoms. The molecule has 0 aliphatic carbocycles. The lowest BCUT2D eigenvalue weighted by atomic mass is 10.1. The zero-order valence-electron chi connectivity index (χ0n) is 14.1. The smallest absolute Gasteiger partial charge is 0.257 e. The molecular weight excluding hydrogens is 370 g/mol. The summed E-state index contributed by atoms with van der Waals surface area (Å²) in [5.74, 6) is -0.180. The molecule has 0 spiro atoms. The number of benzene rings is 2. The van der Waals surface area contributed by atoms with Gasteiger partial charge in [0, 0.05) is 22.7 Å². The van der Waals surface area contributed by atoms with E-state index in [0.29, 0.717) is 17.3 Å². The summed E-state index contributed by atoms with van der Waals surface area (Å²) in [6.07, 6.45) is 0.833. The minimum Gasteiger partial charge on any atom is -0.322 e. The van der Waals surface area contributed by atoms with Gasteiger partial charge in [0.1, 0.15) is 0 Å². The van der Waals surface area contributed by atoms with Gasteiger partial charge in [0.15, 0.2) is 5.17 Å². The molecule has 0 aromatic heterocycles. The average Bonchev–Trinajstić information content (AvgIpc) is 2.97. The number of nitrogens with one attached hydrogen (secondary N) is 1. The van der Waals surface area contributed by atoms with Crippen molar-refractivity contribution in [2.45, 2.75) is 18.2 Å². The molecule has 2 aliphatic heterocycles. The Labute approximate surface area is 156 Å². The van der Waals surface area contributed by atoms with Crippen LogP contribution in [0.4, 0.5) is 11.4 Å². The first-order valence-electron chi connectivity index (χ1n) is 8.28. The fourth-order valence-corrected chi connectivity index (χ4v) is 5.31. The SMILES string of the molecule is CCc1ccccc1NC(=O)c1ccc2c(c1)SC1=NS(=O)(=O)CCN12. The standard InChI is InChI=1S/C18H17N3O3S2/c1-2-12-5-3-4-6-14(12)19-17(22)13-7-8-15-16(11-13)25-18-20-26(23,24)10-9-21(15)18/h3-8,11H,2,9-10H2,1H3,(H,19,22). The second-order valence-electron chi connectivity index (χ2n) is 6.06. The molecule has 2 aliphatic rings. The van der Waals surface area contributed by atoms with E-state index in [2.05, 4.69) is 9.71 Å². The molecule has 2 aromatic rings. The monoisotopic (exact) mass is 387 g/mol. The fourth-order valence-electron chi connectivity index (χ4n) is 3.02. The van der Waals surface area contributed by atoms with E-state index in [1.54, 1.807) is 12.1 Å². The van der Waals surface area contributed by atoms with Crippen molar-refractivity contribution < 1.29 is 13.2 Å². The highest BCUT2D eigenvalue weighted by Gasteiger charge is 2.33. The number of carbonyl (C=O) groups is 1. The Morgan fingerprint density at radius 1 is 1.27 bits per heavy atom.